The van der Waals surface area contributed by atoms with E-state index in [0.717, 1.165) is 98.7 Å². The fourth-order valence-electron chi connectivity index (χ4n) is 13.0. The summed E-state index contributed by atoms with van der Waals surface area (Å²) in [5, 5.41) is 53.7. The van der Waals surface area contributed by atoms with Gasteiger partial charge in [0.1, 0.15) is 84.1 Å². The number of phosphoric acid groups is 6. The number of unbranched alkanes of at least 4 members (excludes halogenated alkanes) is 6. The number of phosphoric ester groups is 6. The molecular formula is C68H110N14O34P6. The molecule has 5 aromatic rings. The van der Waals surface area contributed by atoms with E-state index in [2.05, 4.69) is 81.0 Å². The van der Waals surface area contributed by atoms with Crippen LogP contribution in [0.2, 0.25) is 0 Å². The number of aromatic nitrogens is 8. The van der Waals surface area contributed by atoms with Gasteiger partial charge in [0.2, 0.25) is 23.6 Å². The second-order valence-electron chi connectivity index (χ2n) is 31.8. The lowest BCUT2D eigenvalue weighted by atomic mass is 9.81. The Morgan fingerprint density at radius 1 is 0.475 bits per heavy atom. The van der Waals surface area contributed by atoms with Gasteiger partial charge < -0.3 is 102 Å². The van der Waals surface area contributed by atoms with Crippen molar-refractivity contribution in [1.82, 2.24) is 60.3 Å². The second-order valence-corrected chi connectivity index (χ2v) is 40.3. The first-order valence-electron chi connectivity index (χ1n) is 38.5. The van der Waals surface area contributed by atoms with E-state index in [1.165, 1.54) is 38.8 Å². The topological polar surface area (TPSA) is 727 Å². The number of amides is 4. The van der Waals surface area contributed by atoms with E-state index >= 15 is 0 Å². The SMILES string of the molecule is CC(C)(CCCCCCc1ccccc1CCCCCCC(C)(C)C(=O)CCNC(=O)CCNC(=O)C(O)C(C)(C)COP(=O)(O)OP(=O)(O)OCC1OC(n2cnc3c(N)ncnc32)C(O)C1OP(=O)(O)O)C(=O)CCNC(=O)CCNC(=O)C(O)C(C)(C)COP(=O)(O)OP(=O)(O)OCC1OC(n2cnc3c(N)ncnc32)C(O)C1OP(=O)(O)O. The van der Waals surface area contributed by atoms with Crippen molar-refractivity contribution >= 4 is 116 Å². The smallest absolute Gasteiger partial charge is 0.386 e. The number of aryl methyl sites for hydroxylation is 2. The number of fused-ring (bicyclic) bond motifs is 2. The number of nitrogens with one attached hydrogen (secondary N) is 4. The number of nitrogens with two attached hydrogens (primary N) is 2. The van der Waals surface area contributed by atoms with E-state index in [1.54, 1.807) is 0 Å². The van der Waals surface area contributed by atoms with Gasteiger partial charge in [0.15, 0.2) is 35.4 Å². The van der Waals surface area contributed by atoms with Gasteiger partial charge in [-0.3, -0.25) is 65.0 Å². The Morgan fingerprint density at radius 2 is 0.811 bits per heavy atom. The molecule has 48 nitrogen and oxygen atoms in total. The Labute approximate surface area is 700 Å². The van der Waals surface area contributed by atoms with Crippen LogP contribution < -0.4 is 32.7 Å². The van der Waals surface area contributed by atoms with Crippen molar-refractivity contribution in [3.8, 4) is 0 Å². The van der Waals surface area contributed by atoms with Crippen molar-refractivity contribution in [3.63, 3.8) is 0 Å². The van der Waals surface area contributed by atoms with Gasteiger partial charge in [-0.05, 0) is 49.7 Å². The number of Topliss-reactive ketones (excluding diaryl/α,β-unsaturated/α-hetero) is 2. The molecule has 1 aromatic carbocycles. The first kappa shape index (κ1) is 103. The van der Waals surface area contributed by atoms with Crippen LogP contribution in [0, 0.1) is 21.7 Å². The zero-order chi connectivity index (χ0) is 90.8. The van der Waals surface area contributed by atoms with Gasteiger partial charge in [-0.15, -0.1) is 0 Å². The van der Waals surface area contributed by atoms with E-state index in [-0.39, 0.29) is 97.4 Å². The van der Waals surface area contributed by atoms with E-state index in [4.69, 9.17) is 39.0 Å². The number of ketones is 2. The van der Waals surface area contributed by atoms with Crippen molar-refractivity contribution in [2.24, 2.45) is 21.7 Å². The summed E-state index contributed by atoms with van der Waals surface area (Å²) in [7, 11) is -33.2. The van der Waals surface area contributed by atoms with E-state index < -0.39 is 180 Å². The molecule has 2 aliphatic heterocycles. The van der Waals surface area contributed by atoms with Crippen LogP contribution in [0.4, 0.5) is 11.6 Å². The highest BCUT2D eigenvalue weighted by molar-refractivity contribution is 7.61. The van der Waals surface area contributed by atoms with Crippen LogP contribution in [0.5, 0.6) is 0 Å². The van der Waals surface area contributed by atoms with Gasteiger partial charge in [0.05, 0.1) is 39.1 Å². The maximum Gasteiger partial charge on any atom is 0.481 e. The minimum absolute atomic E-state index is 0.00673. The number of aliphatic hydroxyl groups is 4. The van der Waals surface area contributed by atoms with Crippen molar-refractivity contribution in [2.45, 2.75) is 219 Å². The van der Waals surface area contributed by atoms with Crippen LogP contribution >= 0.6 is 46.9 Å². The highest BCUT2D eigenvalue weighted by Gasteiger charge is 2.53. The average molecular weight is 1850 g/mol. The number of benzene rings is 1. The molecule has 14 atom stereocenters. The molecule has 0 radical (unpaired) electrons. The number of hydrogen-bond acceptors (Lipinski definition) is 34. The molecule has 4 aromatic heterocycles. The lowest BCUT2D eigenvalue weighted by Crippen LogP contribution is -2.46. The van der Waals surface area contributed by atoms with Gasteiger partial charge in [0, 0.05) is 73.5 Å². The molecule has 4 amide bonds. The Bertz CT molecular complexity index is 4430. The number of nitrogen functional groups attached to an aromatic ring is 2. The molecule has 686 valence electrons. The van der Waals surface area contributed by atoms with E-state index in [0.29, 0.717) is 12.8 Å². The maximum absolute atomic E-state index is 13.3. The van der Waals surface area contributed by atoms with Crippen LogP contribution in [0.1, 0.15) is 169 Å². The third-order valence-electron chi connectivity index (χ3n) is 20.1. The molecule has 2 saturated heterocycles. The number of ether oxygens (including phenoxy) is 2. The zero-order valence-corrected chi connectivity index (χ0v) is 73.5. The van der Waals surface area contributed by atoms with Gasteiger partial charge in [-0.1, -0.05) is 118 Å². The lowest BCUT2D eigenvalue weighted by molar-refractivity contribution is -0.137. The fourth-order valence-corrected chi connectivity index (χ4v) is 18.6. The Balaban J connectivity index is 0.691. The van der Waals surface area contributed by atoms with E-state index in [1.807, 2.05) is 39.8 Å². The molecule has 0 bridgehead atoms. The molecular weight excluding hydrogens is 1740 g/mol. The van der Waals surface area contributed by atoms with Crippen molar-refractivity contribution in [3.05, 3.63) is 60.7 Å². The molecule has 2 aliphatic rings. The van der Waals surface area contributed by atoms with Gasteiger partial charge in [-0.25, -0.2) is 57.3 Å². The molecule has 14 unspecified atom stereocenters. The van der Waals surface area contributed by atoms with Gasteiger partial charge in [-0.2, -0.15) is 8.62 Å². The van der Waals surface area contributed by atoms with Crippen LogP contribution in [-0.4, -0.2) is 235 Å². The maximum atomic E-state index is 13.3. The first-order chi connectivity index (χ1) is 56.6. The largest absolute Gasteiger partial charge is 0.481 e. The van der Waals surface area contributed by atoms with E-state index in [9.17, 15) is 116 Å². The Hall–Kier alpha value is -6.36. The number of rotatable bonds is 54. The third-order valence-corrected chi connectivity index (χ3v) is 26.3. The summed E-state index contributed by atoms with van der Waals surface area (Å²) in [5.74, 6) is -3.29. The van der Waals surface area contributed by atoms with Gasteiger partial charge in [0.25, 0.3) is 0 Å². The number of aliphatic hydroxyl groups excluding tert-OH is 4. The monoisotopic (exact) mass is 1850 g/mol. The fraction of sp³-hybridized carbons (Fsp3) is 0.676. The number of hydrogen-bond donors (Lipinski definition) is 18. The van der Waals surface area contributed by atoms with Crippen LogP contribution in [0.3, 0.4) is 0 Å². The molecule has 7 rings (SSSR count). The first-order valence-corrected chi connectivity index (χ1v) is 47.6. The molecule has 122 heavy (non-hydrogen) atoms. The van der Waals surface area contributed by atoms with Crippen LogP contribution in [0.25, 0.3) is 22.3 Å². The summed E-state index contributed by atoms with van der Waals surface area (Å²) < 4.78 is 126. The normalized spacial score (nSPS) is 21.3. The predicted octanol–water partition coefficient (Wildman–Crippen LogP) is 3.48. The number of carbonyl (C=O) groups is 6. The minimum atomic E-state index is -5.64. The Kier molecular flexibility index (Phi) is 37.0. The van der Waals surface area contributed by atoms with Crippen LogP contribution in [0.15, 0.2) is 49.6 Å². The van der Waals surface area contributed by atoms with Gasteiger partial charge >= 0.3 is 46.9 Å². The van der Waals surface area contributed by atoms with Crippen molar-refractivity contribution in [2.75, 3.05) is 64.1 Å². The molecule has 0 aliphatic carbocycles. The highest BCUT2D eigenvalue weighted by atomic mass is 31.3. The predicted molar refractivity (Wildman–Crippen MR) is 426 cm³/mol. The van der Waals surface area contributed by atoms with Crippen molar-refractivity contribution < 1.29 is 161 Å². The number of nitrogens with zero attached hydrogens (tertiary/aromatic N) is 8. The molecule has 20 N–H and O–H groups in total. The molecule has 0 saturated carbocycles. The second kappa shape index (κ2) is 43.9. The number of imidazole rings is 2. The minimum Gasteiger partial charge on any atom is -0.386 e. The number of anilines is 2. The summed E-state index contributed by atoms with van der Waals surface area (Å²) in [6, 6.07) is 8.31. The summed E-state index contributed by atoms with van der Waals surface area (Å²) in [4.78, 5) is 181. The summed E-state index contributed by atoms with van der Waals surface area (Å²) in [6.45, 7) is 7.68. The highest BCUT2D eigenvalue weighted by Crippen LogP contribution is 2.63. The average Bonchev–Trinajstić information content (AvgIpc) is 1.62. The Morgan fingerprint density at radius 3 is 1.16 bits per heavy atom. The standard InChI is InChI=1S/C68H110N14O34P6/c1-65(2,45(83)23-29-71-47(85)25-31-73-61(91)55(89)67(5,6)35-109-121(103,104)115-119(99,100)107-33-43-53(113-117(93,94)95)51(87)63(111-43)81-39-79-49-57(69)75-37-77-59(49)81)27-17-11-9-13-19-41-21-15-16-22-42(41)20-14-10-12-18-28-66(3,4)46(84)24-30-72-48(86)26-32-74-62(92)56(90)68(7,8)36-110-122(105,106)116-120(101,102)108-34-44-54(114-118(96,97)98)52(88)64(112-44)82-40-80-50-58(70)76-38-78-60(50)82/h15-16,21-22,37-40,43-44,51-56,63-64,87-90H,9-14,17-20,23-36H2,1-8H3,(H,71,85)(H,72,86)(H,73,91)(H,74,92)(H,99,100)(H,101,102)(H,103,104)(H,105,106)(H2,69,75,77)(H2,70,76,78)(H2,93,94,95)(H2,96,97,98). The van der Waals surface area contributed by atoms with Crippen LogP contribution in [-0.2, 0) is 114 Å². The molecule has 2 fully saturated rings. The molecule has 6 heterocycles. The number of carbonyl (C=O) groups excluding carboxylic acids is 6. The summed E-state index contributed by atoms with van der Waals surface area (Å²) in [5.41, 5.74) is 9.60. The molecule has 54 heteroatoms. The lowest BCUT2D eigenvalue weighted by Gasteiger charge is -2.30. The quantitative estimate of drug-likeness (QED) is 0.0196. The van der Waals surface area contributed by atoms with Crippen molar-refractivity contribution in [1.29, 1.82) is 0 Å². The summed E-state index contributed by atoms with van der Waals surface area (Å²) >= 11 is 0. The molecule has 0 spiro atoms. The third kappa shape index (κ3) is 31.3. The zero-order valence-electron chi connectivity index (χ0n) is 68.1. The summed E-state index contributed by atoms with van der Waals surface area (Å²) in [6.07, 6.45) is -4.12.